The van der Waals surface area contributed by atoms with Crippen LogP contribution in [0.2, 0.25) is 0 Å². The second-order valence-electron chi connectivity index (χ2n) is 8.04. The molecule has 0 aromatic rings. The zero-order chi connectivity index (χ0) is 16.1. The van der Waals surface area contributed by atoms with Crippen LogP contribution in [-0.4, -0.2) is 46.3 Å². The molecule has 1 saturated heterocycles. The largest absolute Gasteiger partial charge is 0.391 e. The first-order chi connectivity index (χ1) is 11.1. The summed E-state index contributed by atoms with van der Waals surface area (Å²) in [5, 5.41) is 9.84. The number of amides is 1. The van der Waals surface area contributed by atoms with E-state index in [2.05, 4.69) is 0 Å². The van der Waals surface area contributed by atoms with Crippen LogP contribution in [0.4, 0.5) is 0 Å². The van der Waals surface area contributed by atoms with Gasteiger partial charge in [0.15, 0.2) is 0 Å². The maximum absolute atomic E-state index is 13.0. The molecule has 1 heterocycles. The SMILES string of the molecule is O=C1C2CC(Cl)CCC2C2CCCC(C(=O)N3CC[C@@H](O)C3)C12. The summed E-state index contributed by atoms with van der Waals surface area (Å²) in [6.45, 7) is 1.08. The average molecular weight is 340 g/mol. The number of rotatable bonds is 1. The molecule has 7 atom stereocenters. The first-order valence-corrected chi connectivity index (χ1v) is 9.64. The molecule has 1 aliphatic heterocycles. The number of halogens is 1. The number of nitrogens with zero attached hydrogens (tertiary/aromatic N) is 1. The molecule has 5 heteroatoms. The topological polar surface area (TPSA) is 57.6 Å². The van der Waals surface area contributed by atoms with Crippen molar-refractivity contribution in [2.75, 3.05) is 13.1 Å². The van der Waals surface area contributed by atoms with Crippen LogP contribution in [0.1, 0.15) is 44.9 Å². The Morgan fingerprint density at radius 2 is 1.96 bits per heavy atom. The summed E-state index contributed by atoms with van der Waals surface area (Å²) in [5.74, 6) is 1.17. The van der Waals surface area contributed by atoms with Crippen LogP contribution in [0, 0.1) is 29.6 Å². The molecule has 3 saturated carbocycles. The van der Waals surface area contributed by atoms with Crippen LogP contribution in [0.15, 0.2) is 0 Å². The number of likely N-dealkylation sites (tertiary alicyclic amines) is 1. The smallest absolute Gasteiger partial charge is 0.226 e. The Morgan fingerprint density at radius 3 is 2.70 bits per heavy atom. The van der Waals surface area contributed by atoms with Crippen LogP contribution in [-0.2, 0) is 9.59 Å². The van der Waals surface area contributed by atoms with Gasteiger partial charge in [0, 0.05) is 36.2 Å². The molecule has 23 heavy (non-hydrogen) atoms. The normalized spacial score (nSPS) is 46.6. The van der Waals surface area contributed by atoms with Gasteiger partial charge in [0.25, 0.3) is 0 Å². The maximum atomic E-state index is 13.0. The first kappa shape index (κ1) is 15.9. The summed E-state index contributed by atoms with van der Waals surface area (Å²) in [6.07, 6.45) is 6.12. The number of alkyl halides is 1. The Bertz CT molecular complexity index is 508. The second-order valence-corrected chi connectivity index (χ2v) is 8.65. The summed E-state index contributed by atoms with van der Waals surface area (Å²) in [4.78, 5) is 27.8. The number of Topliss-reactive ketones (excluding diaryl/α,β-unsaturated/α-hetero) is 1. The van der Waals surface area contributed by atoms with E-state index in [9.17, 15) is 14.7 Å². The van der Waals surface area contributed by atoms with Gasteiger partial charge < -0.3 is 10.0 Å². The van der Waals surface area contributed by atoms with E-state index in [-0.39, 0.29) is 29.0 Å². The number of fused-ring (bicyclic) bond motifs is 3. The number of aliphatic hydroxyl groups excluding tert-OH is 1. The van der Waals surface area contributed by atoms with Gasteiger partial charge >= 0.3 is 0 Å². The first-order valence-electron chi connectivity index (χ1n) is 9.21. The van der Waals surface area contributed by atoms with Gasteiger partial charge in [-0.15, -0.1) is 11.6 Å². The van der Waals surface area contributed by atoms with Crippen molar-refractivity contribution in [2.24, 2.45) is 29.6 Å². The van der Waals surface area contributed by atoms with Gasteiger partial charge in [-0.25, -0.2) is 0 Å². The number of β-amino-alcohol motifs (C(OH)–C–C–N with tert-alkyl or cyclic N) is 1. The molecule has 0 aromatic heterocycles. The lowest BCUT2D eigenvalue weighted by Gasteiger charge is -2.37. The van der Waals surface area contributed by atoms with E-state index in [0.717, 1.165) is 38.5 Å². The summed E-state index contributed by atoms with van der Waals surface area (Å²) < 4.78 is 0. The van der Waals surface area contributed by atoms with E-state index in [1.807, 2.05) is 0 Å². The van der Waals surface area contributed by atoms with Crippen molar-refractivity contribution in [1.82, 2.24) is 4.90 Å². The van der Waals surface area contributed by atoms with E-state index in [1.165, 1.54) is 0 Å². The Balaban J connectivity index is 1.55. The predicted molar refractivity (Wildman–Crippen MR) is 87.0 cm³/mol. The minimum absolute atomic E-state index is 0.0778. The molecule has 4 aliphatic rings. The molecule has 0 radical (unpaired) electrons. The lowest BCUT2D eigenvalue weighted by Crippen LogP contribution is -2.43. The molecule has 128 valence electrons. The molecule has 1 N–H and O–H groups in total. The Morgan fingerprint density at radius 1 is 1.13 bits per heavy atom. The van der Waals surface area contributed by atoms with Gasteiger partial charge in [-0.1, -0.05) is 6.42 Å². The fourth-order valence-electron chi connectivity index (χ4n) is 5.80. The number of hydrogen-bond acceptors (Lipinski definition) is 3. The van der Waals surface area contributed by atoms with Gasteiger partial charge in [0.05, 0.1) is 6.10 Å². The lowest BCUT2D eigenvalue weighted by atomic mass is 9.69. The van der Waals surface area contributed by atoms with E-state index in [4.69, 9.17) is 11.6 Å². The Hall–Kier alpha value is -0.610. The lowest BCUT2D eigenvalue weighted by molar-refractivity contribution is -0.142. The van der Waals surface area contributed by atoms with Gasteiger partial charge in [-0.2, -0.15) is 0 Å². The number of ketones is 1. The van der Waals surface area contributed by atoms with Crippen LogP contribution < -0.4 is 0 Å². The number of carbonyl (C=O) groups is 2. The third-order valence-electron chi connectivity index (χ3n) is 6.82. The van der Waals surface area contributed by atoms with Crippen molar-refractivity contribution in [3.8, 4) is 0 Å². The zero-order valence-electron chi connectivity index (χ0n) is 13.5. The van der Waals surface area contributed by atoms with Crippen LogP contribution in [0.25, 0.3) is 0 Å². The highest BCUT2D eigenvalue weighted by Gasteiger charge is 2.56. The minimum atomic E-state index is -0.391. The molecular formula is C18H26ClNO3. The zero-order valence-corrected chi connectivity index (χ0v) is 14.3. The maximum Gasteiger partial charge on any atom is 0.226 e. The van der Waals surface area contributed by atoms with Crippen LogP contribution >= 0.6 is 11.6 Å². The minimum Gasteiger partial charge on any atom is -0.391 e. The molecule has 4 rings (SSSR count). The molecule has 0 bridgehead atoms. The summed E-state index contributed by atoms with van der Waals surface area (Å²) in [6, 6.07) is 0. The van der Waals surface area contributed by atoms with E-state index < -0.39 is 6.10 Å². The van der Waals surface area contributed by atoms with E-state index in [1.54, 1.807) is 4.90 Å². The molecular weight excluding hydrogens is 314 g/mol. The van der Waals surface area contributed by atoms with Crippen molar-refractivity contribution < 1.29 is 14.7 Å². The molecule has 4 fully saturated rings. The van der Waals surface area contributed by atoms with Crippen molar-refractivity contribution >= 4 is 23.3 Å². The van der Waals surface area contributed by atoms with E-state index in [0.29, 0.717) is 37.1 Å². The molecule has 3 aliphatic carbocycles. The molecule has 0 aromatic carbocycles. The van der Waals surface area contributed by atoms with Crippen LogP contribution in [0.3, 0.4) is 0 Å². The highest BCUT2D eigenvalue weighted by atomic mass is 35.5. The van der Waals surface area contributed by atoms with Crippen molar-refractivity contribution in [2.45, 2.75) is 56.4 Å². The third-order valence-corrected chi connectivity index (χ3v) is 7.22. The second kappa shape index (κ2) is 6.03. The predicted octanol–water partition coefficient (Wildman–Crippen LogP) is 2.22. The van der Waals surface area contributed by atoms with Crippen LogP contribution in [0.5, 0.6) is 0 Å². The quantitative estimate of drug-likeness (QED) is 0.745. The molecule has 6 unspecified atom stereocenters. The standard InChI is InChI=1S/C18H26ClNO3/c19-10-4-5-12-13-2-1-3-14(16(13)17(22)15(12)8-10)18(23)20-7-6-11(21)9-20/h10-16,21H,1-9H2/t10?,11-,12?,13?,14?,15?,16?/m1/s1. The highest BCUT2D eigenvalue weighted by Crippen LogP contribution is 2.54. The highest BCUT2D eigenvalue weighted by molar-refractivity contribution is 6.20. The number of aliphatic hydroxyl groups is 1. The summed E-state index contributed by atoms with van der Waals surface area (Å²) in [7, 11) is 0. The van der Waals surface area contributed by atoms with Gasteiger partial charge in [0.1, 0.15) is 5.78 Å². The Kier molecular flexibility index (Phi) is 4.17. The van der Waals surface area contributed by atoms with Crippen molar-refractivity contribution in [3.63, 3.8) is 0 Å². The summed E-state index contributed by atoms with van der Waals surface area (Å²) in [5.41, 5.74) is 0. The fraction of sp³-hybridized carbons (Fsp3) is 0.889. The summed E-state index contributed by atoms with van der Waals surface area (Å²) >= 11 is 6.31. The molecule has 4 nitrogen and oxygen atoms in total. The average Bonchev–Trinajstić information content (AvgIpc) is 3.09. The number of carbonyl (C=O) groups excluding carboxylic acids is 2. The number of hydrogen-bond donors (Lipinski definition) is 1. The monoisotopic (exact) mass is 339 g/mol. The van der Waals surface area contributed by atoms with Gasteiger partial charge in [-0.05, 0) is 50.4 Å². The fourth-order valence-corrected chi connectivity index (χ4v) is 6.12. The Labute approximate surface area is 142 Å². The van der Waals surface area contributed by atoms with Gasteiger partial charge in [-0.3, -0.25) is 9.59 Å². The molecule has 1 amide bonds. The van der Waals surface area contributed by atoms with Gasteiger partial charge in [0.2, 0.25) is 5.91 Å². The van der Waals surface area contributed by atoms with Crippen molar-refractivity contribution in [1.29, 1.82) is 0 Å². The molecule has 0 spiro atoms. The van der Waals surface area contributed by atoms with Crippen molar-refractivity contribution in [3.05, 3.63) is 0 Å². The third kappa shape index (κ3) is 2.62. The van der Waals surface area contributed by atoms with E-state index >= 15 is 0 Å².